The predicted octanol–water partition coefficient (Wildman–Crippen LogP) is 6.10. The van der Waals surface area contributed by atoms with Gasteiger partial charge in [0.25, 0.3) is 11.8 Å². The zero-order chi connectivity index (χ0) is 25.1. The third kappa shape index (κ3) is 5.18. The van der Waals surface area contributed by atoms with Crippen molar-refractivity contribution in [3.8, 4) is 5.75 Å². The molecule has 2 amide bonds. The van der Waals surface area contributed by atoms with Gasteiger partial charge in [-0.2, -0.15) is 0 Å². The molecule has 1 N–H and O–H groups in total. The highest BCUT2D eigenvalue weighted by Gasteiger charge is 2.30. The quantitative estimate of drug-likeness (QED) is 0.445. The topological polar surface area (TPSA) is 58.6 Å². The van der Waals surface area contributed by atoms with Crippen LogP contribution in [0.25, 0.3) is 6.08 Å². The van der Waals surface area contributed by atoms with Crippen molar-refractivity contribution in [3.05, 3.63) is 101 Å². The minimum atomic E-state index is -0.348. The number of carbonyl (C=O) groups excluding carboxylic acids is 2. The molecule has 1 saturated carbocycles. The number of anilines is 1. The Hall–Kier alpha value is -3.93. The Kier molecular flexibility index (Phi) is 6.85. The molecule has 1 aliphatic heterocycles. The van der Waals surface area contributed by atoms with E-state index in [9.17, 15) is 14.0 Å². The summed E-state index contributed by atoms with van der Waals surface area (Å²) in [5, 5.41) is 3.17. The van der Waals surface area contributed by atoms with Crippen LogP contribution in [0.5, 0.6) is 5.75 Å². The predicted molar refractivity (Wildman–Crippen MR) is 138 cm³/mol. The van der Waals surface area contributed by atoms with Gasteiger partial charge in [-0.15, -0.1) is 0 Å². The standard InChI is InChI=1S/C30H29FN2O3/c1-20-7-2-3-10-25(20)32-29(34)23-15-13-21(14-16-23)18-28-30(35)33(19-22-8-6-9-24(31)17-22)26-11-4-5-12-27(26)36-28/h4-6,8-9,11-18,20,25H,2-3,7,10,19H2,1H3,(H,32,34)/b28-18-/t20-,25-/m1/s1. The molecule has 6 heteroatoms. The molecule has 0 aromatic heterocycles. The molecule has 0 radical (unpaired) electrons. The largest absolute Gasteiger partial charge is 0.449 e. The number of ether oxygens (including phenoxy) is 1. The third-order valence-electron chi connectivity index (χ3n) is 6.96. The van der Waals surface area contributed by atoms with E-state index in [4.69, 9.17) is 4.74 Å². The number of para-hydroxylation sites is 2. The molecular weight excluding hydrogens is 455 g/mol. The molecule has 1 heterocycles. The molecular formula is C30H29FN2O3. The number of nitrogens with one attached hydrogen (secondary N) is 1. The molecule has 0 spiro atoms. The molecule has 0 bridgehead atoms. The second-order valence-electron chi connectivity index (χ2n) is 9.56. The minimum absolute atomic E-state index is 0.0758. The lowest BCUT2D eigenvalue weighted by molar-refractivity contribution is -0.117. The van der Waals surface area contributed by atoms with Crippen LogP contribution < -0.4 is 15.0 Å². The van der Waals surface area contributed by atoms with Crippen molar-refractivity contribution in [2.45, 2.75) is 45.2 Å². The van der Waals surface area contributed by atoms with Crippen molar-refractivity contribution in [3.63, 3.8) is 0 Å². The van der Waals surface area contributed by atoms with E-state index in [-0.39, 0.29) is 36.0 Å². The number of nitrogens with zero attached hydrogens (tertiary/aromatic N) is 1. The fourth-order valence-corrected chi connectivity index (χ4v) is 4.90. The second kappa shape index (κ2) is 10.4. The summed E-state index contributed by atoms with van der Waals surface area (Å²) >= 11 is 0. The van der Waals surface area contributed by atoms with Gasteiger partial charge >= 0.3 is 0 Å². The van der Waals surface area contributed by atoms with Crippen LogP contribution in [0.3, 0.4) is 0 Å². The fraction of sp³-hybridized carbons (Fsp3) is 0.267. The van der Waals surface area contributed by atoms with Gasteiger partial charge < -0.3 is 10.1 Å². The fourth-order valence-electron chi connectivity index (χ4n) is 4.90. The molecule has 5 rings (SSSR count). The summed E-state index contributed by atoms with van der Waals surface area (Å²) in [4.78, 5) is 27.7. The first kappa shape index (κ1) is 23.8. The van der Waals surface area contributed by atoms with Crippen molar-refractivity contribution >= 4 is 23.6 Å². The van der Waals surface area contributed by atoms with Crippen LogP contribution in [-0.4, -0.2) is 17.9 Å². The van der Waals surface area contributed by atoms with E-state index < -0.39 is 0 Å². The molecule has 3 aromatic carbocycles. The van der Waals surface area contributed by atoms with Crippen LogP contribution >= 0.6 is 0 Å². The Labute approximate surface area is 210 Å². The average molecular weight is 485 g/mol. The zero-order valence-electron chi connectivity index (χ0n) is 20.2. The van der Waals surface area contributed by atoms with E-state index in [2.05, 4.69) is 12.2 Å². The summed E-state index contributed by atoms with van der Waals surface area (Å²) in [6, 6.07) is 20.9. The summed E-state index contributed by atoms with van der Waals surface area (Å²) in [5.41, 5.74) is 2.64. The summed E-state index contributed by atoms with van der Waals surface area (Å²) in [6.45, 7) is 2.41. The van der Waals surface area contributed by atoms with Crippen LogP contribution in [0.4, 0.5) is 10.1 Å². The number of halogens is 1. The van der Waals surface area contributed by atoms with Crippen LogP contribution in [0, 0.1) is 11.7 Å². The van der Waals surface area contributed by atoms with Crippen molar-refractivity contribution in [2.24, 2.45) is 5.92 Å². The van der Waals surface area contributed by atoms with Crippen molar-refractivity contribution in [1.82, 2.24) is 5.32 Å². The van der Waals surface area contributed by atoms with Gasteiger partial charge in [-0.25, -0.2) is 4.39 Å². The lowest BCUT2D eigenvalue weighted by atomic mass is 9.86. The highest BCUT2D eigenvalue weighted by atomic mass is 19.1. The molecule has 5 nitrogen and oxygen atoms in total. The molecule has 3 aromatic rings. The molecule has 36 heavy (non-hydrogen) atoms. The van der Waals surface area contributed by atoms with Gasteiger partial charge in [-0.05, 0) is 72.4 Å². The van der Waals surface area contributed by atoms with Gasteiger partial charge in [0.05, 0.1) is 12.2 Å². The van der Waals surface area contributed by atoms with E-state index in [1.807, 2.05) is 18.2 Å². The maximum absolute atomic E-state index is 13.8. The number of fused-ring (bicyclic) bond motifs is 1. The number of hydrogen-bond acceptors (Lipinski definition) is 3. The number of carbonyl (C=O) groups is 2. The van der Waals surface area contributed by atoms with E-state index >= 15 is 0 Å². The number of benzene rings is 3. The van der Waals surface area contributed by atoms with E-state index in [1.165, 1.54) is 18.6 Å². The Bertz CT molecular complexity index is 1300. The van der Waals surface area contributed by atoms with Crippen LogP contribution in [0.1, 0.15) is 54.1 Å². The van der Waals surface area contributed by atoms with Gasteiger partial charge in [-0.1, -0.05) is 56.2 Å². The summed E-state index contributed by atoms with van der Waals surface area (Å²) in [6.07, 6.45) is 6.20. The normalized spacial score (nSPS) is 20.6. The second-order valence-corrected chi connectivity index (χ2v) is 9.56. The number of amides is 2. The molecule has 184 valence electrons. The SMILES string of the molecule is C[C@@H]1CCCC[C@H]1NC(=O)c1ccc(/C=C2\Oc3ccccc3N(Cc3cccc(F)c3)C2=O)cc1. The number of hydrogen-bond donors (Lipinski definition) is 1. The number of rotatable bonds is 5. The molecule has 1 aliphatic carbocycles. The minimum Gasteiger partial charge on any atom is -0.449 e. The molecule has 0 saturated heterocycles. The Balaban J connectivity index is 1.35. The Morgan fingerprint density at radius 3 is 2.61 bits per heavy atom. The van der Waals surface area contributed by atoms with Crippen LogP contribution in [-0.2, 0) is 11.3 Å². The van der Waals surface area contributed by atoms with E-state index in [0.29, 0.717) is 28.5 Å². The summed E-state index contributed by atoms with van der Waals surface area (Å²) in [5.74, 6) is 0.466. The first-order chi connectivity index (χ1) is 17.5. The maximum Gasteiger partial charge on any atom is 0.294 e. The average Bonchev–Trinajstić information content (AvgIpc) is 2.88. The first-order valence-electron chi connectivity index (χ1n) is 12.4. The smallest absolute Gasteiger partial charge is 0.294 e. The van der Waals surface area contributed by atoms with Crippen molar-refractivity contribution in [2.75, 3.05) is 4.90 Å². The van der Waals surface area contributed by atoms with E-state index in [1.54, 1.807) is 53.4 Å². The zero-order valence-corrected chi connectivity index (χ0v) is 20.2. The first-order valence-corrected chi connectivity index (χ1v) is 12.4. The van der Waals surface area contributed by atoms with E-state index in [0.717, 1.165) is 24.8 Å². The van der Waals surface area contributed by atoms with Gasteiger partial charge in [-0.3, -0.25) is 14.5 Å². The lowest BCUT2D eigenvalue weighted by Gasteiger charge is -2.30. The highest BCUT2D eigenvalue weighted by Crippen LogP contribution is 2.36. The van der Waals surface area contributed by atoms with Gasteiger partial charge in [0.1, 0.15) is 5.82 Å². The van der Waals surface area contributed by atoms with Crippen molar-refractivity contribution < 1.29 is 18.7 Å². The molecule has 0 unspecified atom stereocenters. The van der Waals surface area contributed by atoms with Gasteiger partial charge in [0.15, 0.2) is 11.5 Å². The molecule has 2 atom stereocenters. The van der Waals surface area contributed by atoms with Crippen molar-refractivity contribution in [1.29, 1.82) is 0 Å². The third-order valence-corrected chi connectivity index (χ3v) is 6.96. The van der Waals surface area contributed by atoms with Gasteiger partial charge in [0.2, 0.25) is 0 Å². The summed E-state index contributed by atoms with van der Waals surface area (Å²) in [7, 11) is 0. The highest BCUT2D eigenvalue weighted by molar-refractivity contribution is 6.09. The molecule has 2 aliphatic rings. The van der Waals surface area contributed by atoms with Crippen LogP contribution in [0.15, 0.2) is 78.6 Å². The maximum atomic E-state index is 13.8. The Morgan fingerprint density at radius 1 is 1.06 bits per heavy atom. The summed E-state index contributed by atoms with van der Waals surface area (Å²) < 4.78 is 19.7. The van der Waals surface area contributed by atoms with Gasteiger partial charge in [0, 0.05) is 11.6 Å². The molecule has 1 fully saturated rings. The lowest BCUT2D eigenvalue weighted by Crippen LogP contribution is -2.41. The van der Waals surface area contributed by atoms with Crippen LogP contribution in [0.2, 0.25) is 0 Å². The Morgan fingerprint density at radius 2 is 1.83 bits per heavy atom. The monoisotopic (exact) mass is 484 g/mol.